The van der Waals surface area contributed by atoms with Gasteiger partial charge in [0.05, 0.1) is 13.7 Å². The van der Waals surface area contributed by atoms with Crippen LogP contribution >= 0.6 is 0 Å². The molecule has 0 aliphatic carbocycles. The Morgan fingerprint density at radius 3 is 2.91 bits per heavy atom. The predicted molar refractivity (Wildman–Crippen MR) is 84.6 cm³/mol. The van der Waals surface area contributed by atoms with Crippen molar-refractivity contribution < 1.29 is 14.6 Å². The molecule has 2 N–H and O–H groups in total. The van der Waals surface area contributed by atoms with E-state index in [1.54, 1.807) is 13.4 Å². The lowest BCUT2D eigenvalue weighted by Gasteiger charge is -2.24. The highest BCUT2D eigenvalue weighted by atomic mass is 16.5. The van der Waals surface area contributed by atoms with Crippen LogP contribution < -0.4 is 14.8 Å². The minimum Gasteiger partial charge on any atom is -0.497 e. The molecular weight excluding hydrogens is 296 g/mol. The van der Waals surface area contributed by atoms with Crippen LogP contribution in [-0.4, -0.2) is 52.3 Å². The Bertz CT molecular complexity index is 614. The Morgan fingerprint density at radius 2 is 2.13 bits per heavy atom. The highest BCUT2D eigenvalue weighted by molar-refractivity contribution is 5.31. The topological polar surface area (TPSA) is 81.4 Å². The van der Waals surface area contributed by atoms with Gasteiger partial charge in [0.1, 0.15) is 36.4 Å². The average Bonchev–Trinajstić information content (AvgIpc) is 3.06. The van der Waals surface area contributed by atoms with Crippen molar-refractivity contribution >= 4 is 0 Å². The van der Waals surface area contributed by atoms with Crippen LogP contribution in [0.4, 0.5) is 0 Å². The van der Waals surface area contributed by atoms with E-state index in [0.29, 0.717) is 12.6 Å². The molecule has 1 aromatic heterocycles. The molecule has 0 saturated heterocycles. The van der Waals surface area contributed by atoms with Gasteiger partial charge >= 0.3 is 0 Å². The standard InChI is InChI=1S/C16H22N4O3/c1-22-14-3-5-15(6-4-14)23-10-13(21)8-17-12-2-7-16-18-11-19-20(16)9-12/h3-6,11-13,17,21H,2,7-10H2,1H3/t12-,13-/m0/s1. The molecular formula is C16H22N4O3. The molecule has 2 heterocycles. The monoisotopic (exact) mass is 318 g/mol. The predicted octanol–water partition coefficient (Wildman–Crippen LogP) is 0.631. The van der Waals surface area contributed by atoms with Gasteiger partial charge in [-0.3, -0.25) is 0 Å². The second-order valence-electron chi connectivity index (χ2n) is 5.64. The number of fused-ring (bicyclic) bond motifs is 1. The zero-order valence-corrected chi connectivity index (χ0v) is 13.2. The summed E-state index contributed by atoms with van der Waals surface area (Å²) < 4.78 is 12.6. The van der Waals surface area contributed by atoms with Crippen LogP contribution in [0, 0.1) is 0 Å². The van der Waals surface area contributed by atoms with Crippen molar-refractivity contribution in [1.82, 2.24) is 20.1 Å². The van der Waals surface area contributed by atoms with Crippen LogP contribution in [0.15, 0.2) is 30.6 Å². The van der Waals surface area contributed by atoms with Crippen molar-refractivity contribution in [3.63, 3.8) is 0 Å². The maximum Gasteiger partial charge on any atom is 0.138 e. The third-order valence-electron chi connectivity index (χ3n) is 3.95. The molecule has 1 aliphatic rings. The maximum absolute atomic E-state index is 10.1. The fourth-order valence-corrected chi connectivity index (χ4v) is 2.63. The van der Waals surface area contributed by atoms with Crippen LogP contribution in [-0.2, 0) is 13.0 Å². The van der Waals surface area contributed by atoms with Crippen LogP contribution in [0.1, 0.15) is 12.2 Å². The molecule has 2 aromatic rings. The Labute approximate surface area is 135 Å². The summed E-state index contributed by atoms with van der Waals surface area (Å²) in [5, 5.41) is 17.6. The van der Waals surface area contributed by atoms with Crippen LogP contribution in [0.5, 0.6) is 11.5 Å². The second-order valence-corrected chi connectivity index (χ2v) is 5.64. The molecule has 7 heteroatoms. The van der Waals surface area contributed by atoms with Crippen LogP contribution in [0.3, 0.4) is 0 Å². The Morgan fingerprint density at radius 1 is 1.35 bits per heavy atom. The summed E-state index contributed by atoms with van der Waals surface area (Å²) in [5.74, 6) is 2.53. The highest BCUT2D eigenvalue weighted by Crippen LogP contribution is 2.17. The van der Waals surface area contributed by atoms with Gasteiger partial charge in [-0.05, 0) is 30.7 Å². The molecule has 0 bridgehead atoms. The van der Waals surface area contributed by atoms with E-state index in [-0.39, 0.29) is 6.61 Å². The minimum atomic E-state index is -0.561. The number of hydrogen-bond acceptors (Lipinski definition) is 6. The van der Waals surface area contributed by atoms with Gasteiger partial charge in [-0.25, -0.2) is 9.67 Å². The molecule has 2 atom stereocenters. The SMILES string of the molecule is COc1ccc(OC[C@@H](O)CN[C@H]2CCc3ncnn3C2)cc1. The molecule has 0 saturated carbocycles. The van der Waals surface area contributed by atoms with E-state index < -0.39 is 6.10 Å². The molecule has 0 amide bonds. The van der Waals surface area contributed by atoms with Gasteiger partial charge in [-0.1, -0.05) is 0 Å². The second kappa shape index (κ2) is 7.43. The summed E-state index contributed by atoms with van der Waals surface area (Å²) in [6.45, 7) is 1.53. The number of aliphatic hydroxyl groups is 1. The molecule has 124 valence electrons. The summed E-state index contributed by atoms with van der Waals surface area (Å²) in [7, 11) is 1.62. The lowest BCUT2D eigenvalue weighted by Crippen LogP contribution is -2.42. The van der Waals surface area contributed by atoms with Crippen molar-refractivity contribution in [2.75, 3.05) is 20.3 Å². The van der Waals surface area contributed by atoms with E-state index in [0.717, 1.165) is 36.7 Å². The van der Waals surface area contributed by atoms with E-state index in [4.69, 9.17) is 9.47 Å². The number of hydrogen-bond donors (Lipinski definition) is 2. The molecule has 0 unspecified atom stereocenters. The number of benzene rings is 1. The minimum absolute atomic E-state index is 0.251. The van der Waals surface area contributed by atoms with E-state index in [1.807, 2.05) is 28.9 Å². The molecule has 1 aliphatic heterocycles. The summed E-state index contributed by atoms with van der Waals surface area (Å²) in [6, 6.07) is 7.62. The van der Waals surface area contributed by atoms with Crippen molar-refractivity contribution in [2.24, 2.45) is 0 Å². The number of aromatic nitrogens is 3. The molecule has 0 fully saturated rings. The Hall–Kier alpha value is -2.12. The maximum atomic E-state index is 10.1. The molecule has 23 heavy (non-hydrogen) atoms. The number of ether oxygens (including phenoxy) is 2. The first-order chi connectivity index (χ1) is 11.2. The first-order valence-electron chi connectivity index (χ1n) is 7.79. The zero-order valence-electron chi connectivity index (χ0n) is 13.2. The summed E-state index contributed by atoms with van der Waals surface area (Å²) >= 11 is 0. The first kappa shape index (κ1) is 15.8. The Balaban J connectivity index is 1.39. The van der Waals surface area contributed by atoms with Gasteiger partial charge < -0.3 is 19.9 Å². The van der Waals surface area contributed by atoms with Crippen LogP contribution in [0.25, 0.3) is 0 Å². The third-order valence-corrected chi connectivity index (χ3v) is 3.95. The van der Waals surface area contributed by atoms with Gasteiger partial charge in [0.15, 0.2) is 0 Å². The molecule has 3 rings (SSSR count). The number of nitrogens with one attached hydrogen (secondary N) is 1. The lowest BCUT2D eigenvalue weighted by molar-refractivity contribution is 0.101. The van der Waals surface area contributed by atoms with Crippen molar-refractivity contribution in [3.05, 3.63) is 36.4 Å². The van der Waals surface area contributed by atoms with Crippen molar-refractivity contribution in [3.8, 4) is 11.5 Å². The largest absolute Gasteiger partial charge is 0.497 e. The number of nitrogens with zero attached hydrogens (tertiary/aromatic N) is 3. The summed E-state index contributed by atoms with van der Waals surface area (Å²) in [5.41, 5.74) is 0. The number of methoxy groups -OCH3 is 1. The number of aryl methyl sites for hydroxylation is 1. The van der Waals surface area contributed by atoms with Crippen LogP contribution in [0.2, 0.25) is 0 Å². The number of aliphatic hydroxyl groups excluding tert-OH is 1. The van der Waals surface area contributed by atoms with Crippen molar-refractivity contribution in [1.29, 1.82) is 0 Å². The van der Waals surface area contributed by atoms with Gasteiger partial charge in [0, 0.05) is 19.0 Å². The summed E-state index contributed by atoms with van der Waals surface area (Å²) in [4.78, 5) is 4.21. The Kier molecular flexibility index (Phi) is 5.09. The fourth-order valence-electron chi connectivity index (χ4n) is 2.63. The molecule has 1 aromatic carbocycles. The number of rotatable bonds is 7. The lowest BCUT2D eigenvalue weighted by atomic mass is 10.1. The fraction of sp³-hybridized carbons (Fsp3) is 0.500. The average molecular weight is 318 g/mol. The first-order valence-corrected chi connectivity index (χ1v) is 7.79. The van der Waals surface area contributed by atoms with Gasteiger partial charge in [-0.2, -0.15) is 5.10 Å². The van der Waals surface area contributed by atoms with E-state index in [1.165, 1.54) is 0 Å². The van der Waals surface area contributed by atoms with E-state index >= 15 is 0 Å². The molecule has 7 nitrogen and oxygen atoms in total. The highest BCUT2D eigenvalue weighted by Gasteiger charge is 2.20. The third kappa shape index (κ3) is 4.20. The molecule has 0 radical (unpaired) electrons. The summed E-state index contributed by atoms with van der Waals surface area (Å²) in [6.07, 6.45) is 2.95. The molecule has 0 spiro atoms. The van der Waals surface area contributed by atoms with E-state index in [2.05, 4.69) is 15.4 Å². The zero-order chi connectivity index (χ0) is 16.1. The normalized spacial score (nSPS) is 18.3. The van der Waals surface area contributed by atoms with Gasteiger partial charge in [0.25, 0.3) is 0 Å². The van der Waals surface area contributed by atoms with Crippen molar-refractivity contribution in [2.45, 2.75) is 31.5 Å². The quantitative estimate of drug-likeness (QED) is 0.779. The van der Waals surface area contributed by atoms with Gasteiger partial charge in [0.2, 0.25) is 0 Å². The van der Waals surface area contributed by atoms with E-state index in [9.17, 15) is 5.11 Å². The van der Waals surface area contributed by atoms with Gasteiger partial charge in [-0.15, -0.1) is 0 Å². The smallest absolute Gasteiger partial charge is 0.138 e.